The van der Waals surface area contributed by atoms with Crippen LogP contribution in [0.4, 0.5) is 0 Å². The van der Waals surface area contributed by atoms with Gasteiger partial charge in [-0.2, -0.15) is 0 Å². The molecule has 15 heavy (non-hydrogen) atoms. The molecule has 0 amide bonds. The van der Waals surface area contributed by atoms with E-state index in [1.165, 1.54) is 12.3 Å². The van der Waals surface area contributed by atoms with E-state index in [0.717, 1.165) is 0 Å². The molecule has 0 aromatic carbocycles. The van der Waals surface area contributed by atoms with Gasteiger partial charge in [-0.15, -0.1) is 0 Å². The maximum atomic E-state index is 11.5. The molecule has 0 saturated carbocycles. The van der Waals surface area contributed by atoms with E-state index in [1.54, 1.807) is 13.0 Å². The summed E-state index contributed by atoms with van der Waals surface area (Å²) in [5.74, 6) is -0.756. The summed E-state index contributed by atoms with van der Waals surface area (Å²) in [5, 5.41) is 0.135. The molecule has 0 N–H and O–H groups in total. The summed E-state index contributed by atoms with van der Waals surface area (Å²) >= 11 is 3.03. The summed E-state index contributed by atoms with van der Waals surface area (Å²) < 4.78 is 4.82. The molecule has 0 bridgehead atoms. The second-order valence-corrected chi connectivity index (χ2v) is 3.24. The number of ketones is 1. The Kier molecular flexibility index (Phi) is 4.42. The van der Waals surface area contributed by atoms with Crippen molar-refractivity contribution >= 4 is 27.7 Å². The summed E-state index contributed by atoms with van der Waals surface area (Å²) in [6, 6.07) is 3.12. The van der Waals surface area contributed by atoms with Crippen LogP contribution in [0.25, 0.3) is 0 Å². The van der Waals surface area contributed by atoms with Gasteiger partial charge in [-0.25, -0.2) is 4.79 Å². The van der Waals surface area contributed by atoms with Crippen LogP contribution < -0.4 is 0 Å². The van der Waals surface area contributed by atoms with Crippen LogP contribution in [0.2, 0.25) is 0 Å². The lowest BCUT2D eigenvalue weighted by Crippen LogP contribution is -2.14. The zero-order valence-corrected chi connectivity index (χ0v) is 9.78. The maximum absolute atomic E-state index is 11.5. The zero-order chi connectivity index (χ0) is 11.3. The van der Waals surface area contributed by atoms with Gasteiger partial charge < -0.3 is 4.74 Å². The Hall–Kier alpha value is -1.23. The average molecular weight is 272 g/mol. The van der Waals surface area contributed by atoms with E-state index in [9.17, 15) is 9.59 Å². The number of rotatable bonds is 4. The van der Waals surface area contributed by atoms with Gasteiger partial charge in [0, 0.05) is 6.20 Å². The monoisotopic (exact) mass is 271 g/mol. The first-order valence-corrected chi connectivity index (χ1v) is 5.54. The smallest absolute Gasteiger partial charge is 0.340 e. The highest BCUT2D eigenvalue weighted by molar-refractivity contribution is 9.09. The molecule has 1 rings (SSSR count). The lowest BCUT2D eigenvalue weighted by molar-refractivity contribution is 0.0522. The number of ether oxygens (including phenoxy) is 1. The van der Waals surface area contributed by atoms with Gasteiger partial charge in [0.1, 0.15) is 5.69 Å². The lowest BCUT2D eigenvalue weighted by atomic mass is 10.1. The summed E-state index contributed by atoms with van der Waals surface area (Å²) in [4.78, 5) is 26.8. The Morgan fingerprint density at radius 2 is 2.27 bits per heavy atom. The third-order valence-electron chi connectivity index (χ3n) is 1.69. The molecule has 0 atom stereocenters. The Morgan fingerprint density at radius 3 is 2.87 bits per heavy atom. The highest BCUT2D eigenvalue weighted by Crippen LogP contribution is 2.09. The number of carbonyl (C=O) groups excluding carboxylic acids is 2. The van der Waals surface area contributed by atoms with Crippen LogP contribution in [0, 0.1) is 0 Å². The van der Waals surface area contributed by atoms with Crippen molar-refractivity contribution < 1.29 is 14.3 Å². The number of carbonyl (C=O) groups is 2. The van der Waals surface area contributed by atoms with Gasteiger partial charge in [0.05, 0.1) is 17.5 Å². The van der Waals surface area contributed by atoms with Gasteiger partial charge in [-0.1, -0.05) is 15.9 Å². The topological polar surface area (TPSA) is 56.3 Å². The van der Waals surface area contributed by atoms with Gasteiger partial charge in [-0.05, 0) is 19.1 Å². The van der Waals surface area contributed by atoms with E-state index in [2.05, 4.69) is 20.9 Å². The third kappa shape index (κ3) is 2.86. The average Bonchev–Trinajstić information content (AvgIpc) is 2.28. The molecule has 0 radical (unpaired) electrons. The summed E-state index contributed by atoms with van der Waals surface area (Å²) in [5.41, 5.74) is 0.358. The van der Waals surface area contributed by atoms with Crippen molar-refractivity contribution in [2.24, 2.45) is 0 Å². The molecule has 0 aliphatic heterocycles. The molecular weight excluding hydrogens is 262 g/mol. The van der Waals surface area contributed by atoms with Crippen LogP contribution in [-0.2, 0) is 4.74 Å². The minimum absolute atomic E-state index is 0.135. The van der Waals surface area contributed by atoms with Crippen molar-refractivity contribution in [2.45, 2.75) is 6.92 Å². The van der Waals surface area contributed by atoms with E-state index in [-0.39, 0.29) is 29.0 Å². The van der Waals surface area contributed by atoms with E-state index < -0.39 is 5.97 Å². The Balaban J connectivity index is 3.06. The number of halogens is 1. The number of hydrogen-bond donors (Lipinski definition) is 0. The fourth-order valence-corrected chi connectivity index (χ4v) is 1.33. The van der Waals surface area contributed by atoms with Crippen molar-refractivity contribution in [1.82, 2.24) is 4.98 Å². The van der Waals surface area contributed by atoms with Crippen LogP contribution in [-0.4, -0.2) is 28.7 Å². The molecule has 1 heterocycles. The Bertz CT molecular complexity index is 379. The molecule has 0 spiro atoms. The number of nitrogens with zero attached hydrogens (tertiary/aromatic N) is 1. The molecule has 80 valence electrons. The first-order chi connectivity index (χ1) is 7.20. The van der Waals surface area contributed by atoms with Crippen molar-refractivity contribution in [3.05, 3.63) is 29.6 Å². The largest absolute Gasteiger partial charge is 0.462 e. The molecule has 1 aromatic rings. The molecule has 0 unspecified atom stereocenters. The summed E-state index contributed by atoms with van der Waals surface area (Å²) in [6.07, 6.45) is 1.47. The Labute approximate surface area is 95.8 Å². The molecule has 4 nitrogen and oxygen atoms in total. The molecular formula is C10H10BrNO3. The lowest BCUT2D eigenvalue weighted by Gasteiger charge is -2.05. The molecule has 5 heteroatoms. The molecule has 0 fully saturated rings. The van der Waals surface area contributed by atoms with Crippen LogP contribution in [0.3, 0.4) is 0 Å². The number of aromatic nitrogens is 1. The zero-order valence-electron chi connectivity index (χ0n) is 8.20. The molecule has 0 aliphatic carbocycles. The van der Waals surface area contributed by atoms with E-state index in [4.69, 9.17) is 4.74 Å². The van der Waals surface area contributed by atoms with E-state index >= 15 is 0 Å². The summed E-state index contributed by atoms with van der Waals surface area (Å²) in [7, 11) is 0. The Morgan fingerprint density at radius 1 is 1.53 bits per heavy atom. The quantitative estimate of drug-likeness (QED) is 0.476. The standard InChI is InChI=1S/C10H10BrNO3/c1-2-15-10(14)7-4-3-5-12-9(7)8(13)6-11/h3-5H,2,6H2,1H3. The van der Waals surface area contributed by atoms with Crippen LogP contribution >= 0.6 is 15.9 Å². The number of pyridine rings is 1. The first kappa shape index (κ1) is 11.8. The van der Waals surface area contributed by atoms with Crippen molar-refractivity contribution in [3.8, 4) is 0 Å². The number of Topliss-reactive ketones (excluding diaryl/α,β-unsaturated/α-hetero) is 1. The fraction of sp³-hybridized carbons (Fsp3) is 0.300. The second-order valence-electron chi connectivity index (χ2n) is 2.68. The second kappa shape index (κ2) is 5.60. The summed E-state index contributed by atoms with van der Waals surface area (Å²) in [6.45, 7) is 1.98. The number of esters is 1. The third-order valence-corrected chi connectivity index (χ3v) is 2.20. The fourth-order valence-electron chi connectivity index (χ4n) is 1.06. The minimum Gasteiger partial charge on any atom is -0.462 e. The van der Waals surface area contributed by atoms with Crippen LogP contribution in [0.15, 0.2) is 18.3 Å². The molecule has 1 aromatic heterocycles. The van der Waals surface area contributed by atoms with Crippen molar-refractivity contribution in [2.75, 3.05) is 11.9 Å². The normalized spacial score (nSPS) is 9.73. The number of alkyl halides is 1. The van der Waals surface area contributed by atoms with Gasteiger partial charge in [0.2, 0.25) is 0 Å². The van der Waals surface area contributed by atoms with Gasteiger partial charge in [0.25, 0.3) is 0 Å². The predicted molar refractivity (Wildman–Crippen MR) is 58.3 cm³/mol. The van der Waals surface area contributed by atoms with E-state index in [1.807, 2.05) is 0 Å². The van der Waals surface area contributed by atoms with Gasteiger partial charge >= 0.3 is 5.97 Å². The van der Waals surface area contributed by atoms with Gasteiger partial charge in [0.15, 0.2) is 5.78 Å². The van der Waals surface area contributed by atoms with Gasteiger partial charge in [-0.3, -0.25) is 9.78 Å². The molecule has 0 aliphatic rings. The molecule has 0 saturated heterocycles. The number of hydrogen-bond acceptors (Lipinski definition) is 4. The SMILES string of the molecule is CCOC(=O)c1cccnc1C(=O)CBr. The first-order valence-electron chi connectivity index (χ1n) is 4.42. The van der Waals surface area contributed by atoms with Crippen molar-refractivity contribution in [3.63, 3.8) is 0 Å². The minimum atomic E-state index is -0.519. The highest BCUT2D eigenvalue weighted by Gasteiger charge is 2.17. The van der Waals surface area contributed by atoms with Crippen LogP contribution in [0.1, 0.15) is 27.8 Å². The highest BCUT2D eigenvalue weighted by atomic mass is 79.9. The maximum Gasteiger partial charge on any atom is 0.340 e. The van der Waals surface area contributed by atoms with Crippen LogP contribution in [0.5, 0.6) is 0 Å². The van der Waals surface area contributed by atoms with E-state index in [0.29, 0.717) is 0 Å². The predicted octanol–water partition coefficient (Wildman–Crippen LogP) is 1.84. The van der Waals surface area contributed by atoms with Crippen molar-refractivity contribution in [1.29, 1.82) is 0 Å².